The number of ketones is 3. The Hall–Kier alpha value is -4.73. The molecule has 0 amide bonds. The van der Waals surface area contributed by atoms with Crippen LogP contribution in [-0.4, -0.2) is 42.7 Å². The lowest BCUT2D eigenvalue weighted by Gasteiger charge is -2.29. The Morgan fingerprint density at radius 3 is 2.41 bits per heavy atom. The molecule has 1 aliphatic heterocycles. The molecule has 2 aliphatic rings. The van der Waals surface area contributed by atoms with E-state index in [1.807, 2.05) is 44.2 Å². The van der Waals surface area contributed by atoms with Crippen LogP contribution in [0.3, 0.4) is 0 Å². The number of aromatic hydroxyl groups is 2. The molecule has 0 saturated carbocycles. The molecular weight excluding hydrogens is 524 g/mol. The number of aromatic nitrogens is 3. The normalized spacial score (nSPS) is 19.8. The van der Waals surface area contributed by atoms with Gasteiger partial charge in [-0.05, 0) is 39.7 Å². The summed E-state index contributed by atoms with van der Waals surface area (Å²) in [6.07, 6.45) is 1.70. The van der Waals surface area contributed by atoms with Gasteiger partial charge in [0, 0.05) is 23.3 Å². The molecule has 1 aliphatic carbocycles. The van der Waals surface area contributed by atoms with Crippen LogP contribution < -0.4 is 10.1 Å². The second-order valence-electron chi connectivity index (χ2n) is 11.0. The number of ether oxygens (including phenoxy) is 1. The van der Waals surface area contributed by atoms with E-state index in [2.05, 4.69) is 20.5 Å². The number of nitrogens with one attached hydrogen (secondary N) is 2. The van der Waals surface area contributed by atoms with Gasteiger partial charge in [-0.2, -0.15) is 5.10 Å². The summed E-state index contributed by atoms with van der Waals surface area (Å²) < 4.78 is 5.86. The molecule has 3 aromatic rings. The van der Waals surface area contributed by atoms with Gasteiger partial charge in [0.2, 0.25) is 0 Å². The maximum atomic E-state index is 14.2. The Morgan fingerprint density at radius 2 is 1.80 bits per heavy atom. The van der Waals surface area contributed by atoms with E-state index < -0.39 is 34.6 Å². The second kappa shape index (κ2) is 10.0. The number of fused-ring (bicyclic) bond motifs is 3. The molecule has 1 unspecified atom stereocenters. The number of Topliss-reactive ketones (excluding diaryl/α,β-unsaturated/α-hetero) is 2. The third-order valence-corrected chi connectivity index (χ3v) is 7.80. The molecule has 10 heteroatoms. The molecule has 0 saturated heterocycles. The minimum absolute atomic E-state index is 0.0144. The Bertz CT molecular complexity index is 1670. The molecule has 2 aromatic carbocycles. The maximum Gasteiger partial charge on any atom is 0.194 e. The Balaban J connectivity index is 1.60. The van der Waals surface area contributed by atoms with Crippen molar-refractivity contribution < 1.29 is 29.3 Å². The van der Waals surface area contributed by atoms with Gasteiger partial charge >= 0.3 is 0 Å². The van der Waals surface area contributed by atoms with E-state index in [0.717, 1.165) is 5.56 Å². The second-order valence-corrected chi connectivity index (χ2v) is 11.0. The van der Waals surface area contributed by atoms with Crippen LogP contribution in [0.15, 0.2) is 53.4 Å². The summed E-state index contributed by atoms with van der Waals surface area (Å²) in [6, 6.07) is 9.28. The third-order valence-electron chi connectivity index (χ3n) is 7.80. The van der Waals surface area contributed by atoms with E-state index >= 15 is 0 Å². The molecule has 41 heavy (non-hydrogen) atoms. The first-order valence-corrected chi connectivity index (χ1v) is 13.4. The lowest BCUT2D eigenvalue weighted by Crippen LogP contribution is -2.41. The summed E-state index contributed by atoms with van der Waals surface area (Å²) in [6.45, 7) is 9.85. The van der Waals surface area contributed by atoms with Crippen molar-refractivity contribution in [1.82, 2.24) is 20.5 Å². The van der Waals surface area contributed by atoms with Crippen LogP contribution in [0.25, 0.3) is 0 Å². The van der Waals surface area contributed by atoms with Gasteiger partial charge in [-0.25, -0.2) is 4.98 Å². The average molecular weight is 557 g/mol. The number of allylic oxidation sites excluding steroid dienone is 4. The van der Waals surface area contributed by atoms with E-state index in [9.17, 15) is 24.6 Å². The van der Waals surface area contributed by atoms with Crippen molar-refractivity contribution in [1.29, 1.82) is 0 Å². The fourth-order valence-corrected chi connectivity index (χ4v) is 5.46. The monoisotopic (exact) mass is 556 g/mol. The van der Waals surface area contributed by atoms with Crippen molar-refractivity contribution >= 4 is 17.3 Å². The molecule has 4 N–H and O–H groups in total. The average Bonchev–Trinajstić information content (AvgIpc) is 3.52. The highest BCUT2D eigenvalue weighted by Crippen LogP contribution is 2.57. The maximum absolute atomic E-state index is 14.2. The number of hydrogen-bond acceptors (Lipinski definition) is 9. The minimum Gasteiger partial charge on any atom is -0.507 e. The fraction of sp³-hybridized carbons (Fsp3) is 0.323. The number of nitrogens with zero attached hydrogens (tertiary/aromatic N) is 2. The number of carbonyl (C=O) groups is 3. The third kappa shape index (κ3) is 4.39. The number of H-pyrrole nitrogens is 1. The van der Waals surface area contributed by atoms with Crippen molar-refractivity contribution in [3.8, 4) is 17.2 Å². The van der Waals surface area contributed by atoms with Crippen molar-refractivity contribution in [3.05, 3.63) is 87.3 Å². The molecule has 212 valence electrons. The molecule has 0 spiro atoms. The summed E-state index contributed by atoms with van der Waals surface area (Å²) >= 11 is 0. The van der Waals surface area contributed by atoms with E-state index in [0.29, 0.717) is 23.8 Å². The fourth-order valence-electron chi connectivity index (χ4n) is 5.46. The molecule has 1 aromatic heterocycles. The molecule has 0 bridgehead atoms. The quantitative estimate of drug-likeness (QED) is 0.188. The summed E-state index contributed by atoms with van der Waals surface area (Å²) in [5.41, 5.74) is -0.444. The van der Waals surface area contributed by atoms with Gasteiger partial charge in [-0.1, -0.05) is 44.2 Å². The molecule has 2 atom stereocenters. The zero-order valence-corrected chi connectivity index (χ0v) is 23.7. The van der Waals surface area contributed by atoms with E-state index in [1.54, 1.807) is 13.8 Å². The number of rotatable bonds is 7. The van der Waals surface area contributed by atoms with Crippen LogP contribution in [0, 0.1) is 6.92 Å². The van der Waals surface area contributed by atoms with Crippen LogP contribution in [-0.2, 0) is 21.4 Å². The van der Waals surface area contributed by atoms with Gasteiger partial charge in [0.05, 0.1) is 17.2 Å². The first kappa shape index (κ1) is 27.8. The Labute approximate surface area is 237 Å². The van der Waals surface area contributed by atoms with Crippen molar-refractivity contribution in [3.63, 3.8) is 0 Å². The number of aromatic amines is 1. The smallest absolute Gasteiger partial charge is 0.194 e. The van der Waals surface area contributed by atoms with Gasteiger partial charge in [0.1, 0.15) is 39.8 Å². The Kier molecular flexibility index (Phi) is 6.81. The summed E-state index contributed by atoms with van der Waals surface area (Å²) in [4.78, 5) is 44.7. The van der Waals surface area contributed by atoms with E-state index in [-0.39, 0.29) is 45.4 Å². The zero-order chi connectivity index (χ0) is 29.8. The largest absolute Gasteiger partial charge is 0.507 e. The van der Waals surface area contributed by atoms with Crippen molar-refractivity contribution in [2.45, 2.75) is 65.3 Å². The minimum atomic E-state index is -1.60. The van der Waals surface area contributed by atoms with Crippen LogP contribution in [0.2, 0.25) is 0 Å². The Morgan fingerprint density at radius 1 is 1.12 bits per heavy atom. The SMILES string of the molecule is CC(=O)c1c(O)c(C)c(O)c2c1OC1=CC(=O)/C(=C(/C)NC(Cc3ccccc3)c3nc(C(C)C)n[nH]3)C(=O)[C@@]12C. The van der Waals surface area contributed by atoms with Crippen LogP contribution in [0.4, 0.5) is 0 Å². The highest BCUT2D eigenvalue weighted by Gasteiger charge is 2.56. The molecule has 5 rings (SSSR count). The predicted molar refractivity (Wildman–Crippen MR) is 150 cm³/mol. The van der Waals surface area contributed by atoms with Crippen molar-refractivity contribution in [2.24, 2.45) is 0 Å². The van der Waals surface area contributed by atoms with Gasteiger partial charge in [-0.15, -0.1) is 0 Å². The van der Waals surface area contributed by atoms with Crippen LogP contribution in [0.1, 0.15) is 85.3 Å². The van der Waals surface area contributed by atoms with E-state index in [1.165, 1.54) is 19.9 Å². The van der Waals surface area contributed by atoms with E-state index in [4.69, 9.17) is 4.74 Å². The van der Waals surface area contributed by atoms with Gasteiger partial charge in [-0.3, -0.25) is 19.5 Å². The predicted octanol–water partition coefficient (Wildman–Crippen LogP) is 4.38. The topological polar surface area (TPSA) is 154 Å². The lowest BCUT2D eigenvalue weighted by molar-refractivity contribution is -0.123. The molecular formula is C31H32N4O6. The standard InChI is InChI=1S/C31H32N4O6/c1-14(2)29-33-30(35-34-29)19(12-18-10-8-7-9-11-18)32-16(4)22-20(37)13-21-31(6,28(22)40)24-26(39)15(3)25(38)23(17(5)36)27(24)41-21/h7-11,13-14,19,32,38-39H,12H2,1-6H3,(H,33,34,35)/b22-16+/t19?,31-/m0/s1. The zero-order valence-electron chi connectivity index (χ0n) is 23.7. The first-order valence-electron chi connectivity index (χ1n) is 13.4. The number of phenolic OH excluding ortho intramolecular Hbond substituents is 2. The van der Waals surface area contributed by atoms with Crippen molar-refractivity contribution in [2.75, 3.05) is 0 Å². The molecule has 0 radical (unpaired) electrons. The number of hydrogen-bond donors (Lipinski definition) is 4. The van der Waals surface area contributed by atoms with Gasteiger partial charge in [0.15, 0.2) is 23.2 Å². The number of phenols is 2. The van der Waals surface area contributed by atoms with Crippen LogP contribution in [0.5, 0.6) is 17.2 Å². The lowest BCUT2D eigenvalue weighted by atomic mass is 9.70. The molecule has 0 fully saturated rings. The van der Waals surface area contributed by atoms with Crippen LogP contribution >= 0.6 is 0 Å². The highest BCUT2D eigenvalue weighted by molar-refractivity contribution is 6.31. The molecule has 2 heterocycles. The number of benzene rings is 2. The summed E-state index contributed by atoms with van der Waals surface area (Å²) in [7, 11) is 0. The number of carbonyl (C=O) groups excluding carboxylic acids is 3. The summed E-state index contributed by atoms with van der Waals surface area (Å²) in [5.74, 6) is -1.32. The summed E-state index contributed by atoms with van der Waals surface area (Å²) in [5, 5.41) is 32.3. The first-order chi connectivity index (χ1) is 19.4. The molecule has 10 nitrogen and oxygen atoms in total. The van der Waals surface area contributed by atoms with Gasteiger partial charge in [0.25, 0.3) is 0 Å². The highest BCUT2D eigenvalue weighted by atomic mass is 16.5. The van der Waals surface area contributed by atoms with Gasteiger partial charge < -0.3 is 20.3 Å².